The Bertz CT molecular complexity index is 1610. The van der Waals surface area contributed by atoms with Crippen LogP contribution >= 0.6 is 0 Å². The van der Waals surface area contributed by atoms with Crippen LogP contribution in [0.4, 0.5) is 5.95 Å². The van der Waals surface area contributed by atoms with Crippen molar-refractivity contribution in [3.05, 3.63) is 108 Å². The molecule has 184 valence electrons. The van der Waals surface area contributed by atoms with Crippen LogP contribution in [-0.2, 0) is 11.3 Å². The number of amides is 1. The Morgan fingerprint density at radius 1 is 0.919 bits per heavy atom. The largest absolute Gasteiger partial charge is 0.395 e. The first-order valence-electron chi connectivity index (χ1n) is 12.4. The maximum Gasteiger partial charge on any atom is 0.263 e. The van der Waals surface area contributed by atoms with E-state index in [1.807, 2.05) is 71.3 Å². The highest BCUT2D eigenvalue weighted by Crippen LogP contribution is 2.34. The molecule has 1 amide bonds. The third kappa shape index (κ3) is 4.45. The number of hydrogen-bond donors (Lipinski definition) is 2. The second-order valence-corrected chi connectivity index (χ2v) is 9.14. The number of aromatic nitrogens is 2. The lowest BCUT2D eigenvalue weighted by atomic mass is 9.97. The predicted octanol–water partition coefficient (Wildman–Crippen LogP) is 4.97. The van der Waals surface area contributed by atoms with Crippen LogP contribution in [0, 0.1) is 0 Å². The molecule has 1 aromatic heterocycles. The minimum absolute atomic E-state index is 0.0290. The SMILES string of the molecule is O=C(Cn1c(NCCO)nc2ccccc21)N1N=C(c2ccc3ccccc3c2)C[C@H]1c1ccccc1. The van der Waals surface area contributed by atoms with Crippen molar-refractivity contribution in [1.29, 1.82) is 0 Å². The Balaban J connectivity index is 1.37. The highest BCUT2D eigenvalue weighted by molar-refractivity contribution is 6.05. The molecule has 0 aliphatic carbocycles. The summed E-state index contributed by atoms with van der Waals surface area (Å²) in [5, 5.41) is 21.3. The Hall–Kier alpha value is -4.49. The van der Waals surface area contributed by atoms with Gasteiger partial charge in [0.15, 0.2) is 0 Å². The molecule has 0 saturated heterocycles. The van der Waals surface area contributed by atoms with E-state index in [0.29, 0.717) is 18.9 Å². The number of hydrogen-bond acceptors (Lipinski definition) is 5. The van der Waals surface area contributed by atoms with E-state index < -0.39 is 0 Å². The maximum absolute atomic E-state index is 13.8. The van der Waals surface area contributed by atoms with E-state index in [1.165, 1.54) is 5.39 Å². The van der Waals surface area contributed by atoms with Crippen LogP contribution in [0.2, 0.25) is 0 Å². The standard InChI is InChI=1S/C30H27N5O2/c36-17-16-31-30-32-25-12-6-7-13-27(25)34(30)20-29(37)35-28(22-9-2-1-3-10-22)19-26(33-35)24-15-14-21-8-4-5-11-23(21)18-24/h1-15,18,28,36H,16-17,19-20H2,(H,31,32)/t28-/m0/s1. The molecule has 0 spiro atoms. The number of aliphatic hydroxyl groups is 1. The molecule has 4 aromatic carbocycles. The molecule has 0 bridgehead atoms. The van der Waals surface area contributed by atoms with E-state index in [2.05, 4.69) is 40.6 Å². The van der Waals surface area contributed by atoms with Crippen LogP contribution in [-0.4, -0.2) is 44.4 Å². The number of aliphatic hydroxyl groups excluding tert-OH is 1. The van der Waals surface area contributed by atoms with Crippen LogP contribution in [0.25, 0.3) is 21.8 Å². The van der Waals surface area contributed by atoms with E-state index in [0.717, 1.165) is 33.3 Å². The molecule has 1 aliphatic heterocycles. The van der Waals surface area contributed by atoms with E-state index in [1.54, 1.807) is 5.01 Å². The minimum Gasteiger partial charge on any atom is -0.395 e. The number of carbonyl (C=O) groups excluding carboxylic acids is 1. The van der Waals surface area contributed by atoms with Gasteiger partial charge in [0.05, 0.1) is 29.4 Å². The Labute approximate surface area is 214 Å². The van der Waals surface area contributed by atoms with Crippen LogP contribution in [0.3, 0.4) is 0 Å². The van der Waals surface area contributed by atoms with Gasteiger partial charge >= 0.3 is 0 Å². The molecule has 0 radical (unpaired) electrons. The lowest BCUT2D eigenvalue weighted by Crippen LogP contribution is -2.30. The molecule has 0 saturated carbocycles. The Morgan fingerprint density at radius 3 is 2.51 bits per heavy atom. The smallest absolute Gasteiger partial charge is 0.263 e. The topological polar surface area (TPSA) is 82.8 Å². The maximum atomic E-state index is 13.8. The van der Waals surface area contributed by atoms with Gasteiger partial charge in [-0.2, -0.15) is 5.10 Å². The molecule has 5 aromatic rings. The van der Waals surface area contributed by atoms with Crippen LogP contribution in [0.15, 0.2) is 102 Å². The molecule has 37 heavy (non-hydrogen) atoms. The Morgan fingerprint density at radius 2 is 1.68 bits per heavy atom. The van der Waals surface area contributed by atoms with Crippen molar-refractivity contribution in [2.24, 2.45) is 5.10 Å². The van der Waals surface area contributed by atoms with Gasteiger partial charge in [0.25, 0.3) is 5.91 Å². The molecule has 6 rings (SSSR count). The first-order valence-corrected chi connectivity index (χ1v) is 12.4. The van der Waals surface area contributed by atoms with E-state index in [9.17, 15) is 9.90 Å². The fourth-order valence-electron chi connectivity index (χ4n) is 4.96. The predicted molar refractivity (Wildman–Crippen MR) is 146 cm³/mol. The highest BCUT2D eigenvalue weighted by atomic mass is 16.3. The molecule has 1 atom stereocenters. The number of anilines is 1. The Kier molecular flexibility index (Phi) is 6.12. The van der Waals surface area contributed by atoms with Gasteiger partial charge < -0.3 is 15.0 Å². The van der Waals surface area contributed by atoms with E-state index >= 15 is 0 Å². The summed E-state index contributed by atoms with van der Waals surface area (Å²) in [6.07, 6.45) is 0.633. The summed E-state index contributed by atoms with van der Waals surface area (Å²) in [4.78, 5) is 18.5. The van der Waals surface area contributed by atoms with Gasteiger partial charge in [-0.05, 0) is 40.1 Å². The first-order chi connectivity index (χ1) is 18.2. The van der Waals surface area contributed by atoms with Crippen molar-refractivity contribution >= 4 is 39.4 Å². The van der Waals surface area contributed by atoms with Crippen LogP contribution in [0.1, 0.15) is 23.6 Å². The van der Waals surface area contributed by atoms with Crippen molar-refractivity contribution < 1.29 is 9.90 Å². The number of imidazole rings is 1. The lowest BCUT2D eigenvalue weighted by Gasteiger charge is -2.23. The molecule has 0 unspecified atom stereocenters. The molecule has 7 heteroatoms. The van der Waals surface area contributed by atoms with Gasteiger partial charge in [-0.3, -0.25) is 4.79 Å². The quantitative estimate of drug-likeness (QED) is 0.338. The summed E-state index contributed by atoms with van der Waals surface area (Å²) < 4.78 is 1.86. The van der Waals surface area contributed by atoms with Crippen molar-refractivity contribution in [1.82, 2.24) is 14.6 Å². The fraction of sp³-hybridized carbons (Fsp3) is 0.167. The summed E-state index contributed by atoms with van der Waals surface area (Å²) in [7, 11) is 0. The van der Waals surface area contributed by atoms with Gasteiger partial charge in [-0.25, -0.2) is 9.99 Å². The normalized spacial score (nSPS) is 15.3. The molecule has 0 fully saturated rings. The third-order valence-corrected chi connectivity index (χ3v) is 6.78. The van der Waals surface area contributed by atoms with Gasteiger partial charge in [0.2, 0.25) is 5.95 Å². The number of nitrogens with one attached hydrogen (secondary N) is 1. The summed E-state index contributed by atoms with van der Waals surface area (Å²) in [6.45, 7) is 0.392. The molecular formula is C30H27N5O2. The van der Waals surface area contributed by atoms with E-state index in [-0.39, 0.29) is 25.1 Å². The molecule has 1 aliphatic rings. The van der Waals surface area contributed by atoms with Gasteiger partial charge in [-0.1, -0.05) is 78.9 Å². The van der Waals surface area contributed by atoms with Crippen LogP contribution in [0.5, 0.6) is 0 Å². The number of benzene rings is 4. The van der Waals surface area contributed by atoms with Crippen molar-refractivity contribution in [2.45, 2.75) is 19.0 Å². The van der Waals surface area contributed by atoms with Crippen molar-refractivity contribution in [3.8, 4) is 0 Å². The van der Waals surface area contributed by atoms with Gasteiger partial charge in [0, 0.05) is 13.0 Å². The average Bonchev–Trinajstić information content (AvgIpc) is 3.54. The number of para-hydroxylation sites is 2. The number of rotatable bonds is 7. The monoisotopic (exact) mass is 489 g/mol. The second kappa shape index (κ2) is 9.87. The second-order valence-electron chi connectivity index (χ2n) is 9.14. The van der Waals surface area contributed by atoms with Crippen molar-refractivity contribution in [2.75, 3.05) is 18.5 Å². The molecular weight excluding hydrogens is 462 g/mol. The summed E-state index contributed by atoms with van der Waals surface area (Å²) >= 11 is 0. The molecule has 2 heterocycles. The van der Waals surface area contributed by atoms with Gasteiger partial charge in [0.1, 0.15) is 6.54 Å². The van der Waals surface area contributed by atoms with Gasteiger partial charge in [-0.15, -0.1) is 0 Å². The van der Waals surface area contributed by atoms with E-state index in [4.69, 9.17) is 5.10 Å². The zero-order valence-corrected chi connectivity index (χ0v) is 20.3. The minimum atomic E-state index is -0.196. The zero-order chi connectivity index (χ0) is 25.2. The summed E-state index contributed by atoms with van der Waals surface area (Å²) in [5.41, 5.74) is 4.60. The van der Waals surface area contributed by atoms with Crippen molar-refractivity contribution in [3.63, 3.8) is 0 Å². The highest BCUT2D eigenvalue weighted by Gasteiger charge is 2.33. The number of fused-ring (bicyclic) bond motifs is 2. The number of nitrogens with zero attached hydrogens (tertiary/aromatic N) is 4. The summed E-state index contributed by atoms with van der Waals surface area (Å²) in [5.74, 6) is 0.428. The molecule has 7 nitrogen and oxygen atoms in total. The van der Waals surface area contributed by atoms with Crippen LogP contribution < -0.4 is 5.32 Å². The third-order valence-electron chi connectivity index (χ3n) is 6.78. The molecule has 2 N–H and O–H groups in total. The lowest BCUT2D eigenvalue weighted by molar-refractivity contribution is -0.133. The first kappa shape index (κ1) is 22.9. The number of carbonyl (C=O) groups is 1. The number of hydrazone groups is 1. The average molecular weight is 490 g/mol. The zero-order valence-electron chi connectivity index (χ0n) is 20.3. The fourth-order valence-corrected chi connectivity index (χ4v) is 4.96. The summed E-state index contributed by atoms with van der Waals surface area (Å²) in [6, 6.07) is 32.2.